The number of nitrogens with zero attached hydrogens (tertiary/aromatic N) is 2. The van der Waals surface area contributed by atoms with Gasteiger partial charge in [-0.25, -0.2) is 0 Å². The molecule has 5 atom stereocenters. The van der Waals surface area contributed by atoms with Crippen molar-refractivity contribution in [3.8, 4) is 0 Å². The van der Waals surface area contributed by atoms with E-state index in [0.29, 0.717) is 13.0 Å². The van der Waals surface area contributed by atoms with Crippen LogP contribution in [0.5, 0.6) is 0 Å². The summed E-state index contributed by atoms with van der Waals surface area (Å²) in [5.41, 5.74) is 2.41. The normalized spacial score (nSPS) is 25.9. The first-order valence-corrected chi connectivity index (χ1v) is 16.3. The van der Waals surface area contributed by atoms with Crippen molar-refractivity contribution in [2.75, 3.05) is 18.1 Å². The van der Waals surface area contributed by atoms with Gasteiger partial charge in [-0.15, -0.1) is 0 Å². The third-order valence-corrected chi connectivity index (χ3v) is 10.5. The second kappa shape index (κ2) is 11.9. The maximum atomic E-state index is 15.5. The van der Waals surface area contributed by atoms with Gasteiger partial charge in [0.2, 0.25) is 20.7 Å². The van der Waals surface area contributed by atoms with Crippen molar-refractivity contribution in [1.82, 2.24) is 4.90 Å². The number of amides is 2. The van der Waals surface area contributed by atoms with Crippen LogP contribution in [0.2, 0.25) is 18.6 Å². The van der Waals surface area contributed by atoms with Crippen molar-refractivity contribution in [3.63, 3.8) is 0 Å². The summed E-state index contributed by atoms with van der Waals surface area (Å²) in [5, 5.41) is 9.62. The molecule has 6 nitrogen and oxygen atoms in total. The largest absolute Gasteiger partial charge is 0.394 e. The summed E-state index contributed by atoms with van der Waals surface area (Å²) in [6.07, 6.45) is 3.55. The molecule has 2 heterocycles. The molecule has 0 unspecified atom stereocenters. The van der Waals surface area contributed by atoms with Gasteiger partial charge in [0, 0.05) is 23.5 Å². The zero-order chi connectivity index (χ0) is 26.6. The average Bonchev–Trinajstić information content (AvgIpc) is 3.48. The van der Waals surface area contributed by atoms with Crippen LogP contribution >= 0.6 is 0 Å². The lowest BCUT2D eigenvalue weighted by molar-refractivity contribution is -0.135. The van der Waals surface area contributed by atoms with Crippen LogP contribution in [0.1, 0.15) is 38.2 Å². The fraction of sp³-hybridized carbons (Fsp3) is 0.517. The second-order valence-corrected chi connectivity index (χ2v) is 14.7. The first-order chi connectivity index (χ1) is 17.7. The topological polar surface area (TPSA) is 70.1 Å². The summed E-state index contributed by atoms with van der Waals surface area (Å²) < 4.78 is 21.9. The minimum Gasteiger partial charge on any atom is -0.394 e. The first kappa shape index (κ1) is 27.5. The Morgan fingerprint density at radius 3 is 2.57 bits per heavy atom. The van der Waals surface area contributed by atoms with Gasteiger partial charge in [-0.05, 0) is 74.5 Å². The van der Waals surface area contributed by atoms with E-state index in [-0.39, 0.29) is 42.5 Å². The predicted octanol–water partition coefficient (Wildman–Crippen LogP) is 5.24. The van der Waals surface area contributed by atoms with E-state index in [4.69, 9.17) is 4.74 Å². The lowest BCUT2D eigenvalue weighted by Gasteiger charge is -2.30. The number of anilines is 2. The number of rotatable bonds is 10. The highest BCUT2D eigenvalue weighted by Crippen LogP contribution is 2.47. The van der Waals surface area contributed by atoms with Crippen LogP contribution in [0.25, 0.3) is 0 Å². The molecule has 37 heavy (non-hydrogen) atoms. The number of carbonyl (C=O) groups excluding carboxylic acids is 2. The molecule has 1 N–H and O–H groups in total. The number of benzene rings is 2. The van der Waals surface area contributed by atoms with Crippen molar-refractivity contribution in [3.05, 3.63) is 60.2 Å². The van der Waals surface area contributed by atoms with E-state index >= 15 is 4.11 Å². The third kappa shape index (κ3) is 6.30. The summed E-state index contributed by atoms with van der Waals surface area (Å²) in [4.78, 5) is 28.3. The molecule has 0 saturated carbocycles. The van der Waals surface area contributed by atoms with Crippen LogP contribution in [-0.2, 0) is 20.7 Å². The van der Waals surface area contributed by atoms with Crippen LogP contribution in [-0.4, -0.2) is 62.1 Å². The van der Waals surface area contributed by atoms with E-state index in [2.05, 4.69) is 6.92 Å². The molecule has 0 radical (unpaired) electrons. The first-order valence-electron chi connectivity index (χ1n) is 13.4. The Morgan fingerprint density at radius 2 is 1.89 bits per heavy atom. The van der Waals surface area contributed by atoms with E-state index in [9.17, 15) is 14.7 Å². The maximum absolute atomic E-state index is 15.5. The zero-order valence-corrected chi connectivity index (χ0v) is 23.1. The quantitative estimate of drug-likeness (QED) is 0.261. The molecule has 2 aliphatic rings. The van der Waals surface area contributed by atoms with Crippen LogP contribution in [0.3, 0.4) is 0 Å². The number of ether oxygens (including phenoxy) is 1. The number of aliphatic hydroxyl groups excluding tert-OH is 1. The van der Waals surface area contributed by atoms with Gasteiger partial charge >= 0.3 is 0 Å². The van der Waals surface area contributed by atoms with Crippen molar-refractivity contribution in [1.29, 1.82) is 0 Å². The monoisotopic (exact) mass is 526 g/mol. The number of para-hydroxylation sites is 1. The molecular formula is C29H39FN2O4Si. The molecule has 2 aliphatic heterocycles. The van der Waals surface area contributed by atoms with Gasteiger partial charge < -0.3 is 18.9 Å². The van der Waals surface area contributed by atoms with Crippen LogP contribution in [0.15, 0.2) is 54.6 Å². The van der Waals surface area contributed by atoms with E-state index in [1.54, 1.807) is 22.9 Å². The number of carbonyl (C=O) groups is 2. The van der Waals surface area contributed by atoms with E-state index in [1.807, 2.05) is 54.6 Å². The molecule has 0 spiro atoms. The zero-order valence-electron chi connectivity index (χ0n) is 22.1. The minimum atomic E-state index is -3.09. The Morgan fingerprint density at radius 1 is 1.16 bits per heavy atom. The van der Waals surface area contributed by atoms with Crippen LogP contribution < -0.4 is 4.90 Å². The number of hydrogen-bond donors (Lipinski definition) is 1. The summed E-state index contributed by atoms with van der Waals surface area (Å²) in [6.45, 7) is 6.10. The summed E-state index contributed by atoms with van der Waals surface area (Å²) >= 11 is 0. The Hall–Kier alpha value is -2.55. The average molecular weight is 527 g/mol. The highest BCUT2D eigenvalue weighted by Gasteiger charge is 2.52. The second-order valence-electron chi connectivity index (χ2n) is 11.0. The highest BCUT2D eigenvalue weighted by molar-refractivity contribution is 6.72. The number of halogens is 1. The molecule has 4 rings (SSSR count). The van der Waals surface area contributed by atoms with E-state index in [0.717, 1.165) is 42.6 Å². The number of likely N-dealkylation sites (tertiary alicyclic amines) is 1. The molecule has 2 amide bonds. The molecule has 2 aromatic rings. The molecule has 200 valence electrons. The summed E-state index contributed by atoms with van der Waals surface area (Å²) in [6, 6.07) is 17.3. The van der Waals surface area contributed by atoms with Gasteiger partial charge in [0.05, 0.1) is 31.3 Å². The summed E-state index contributed by atoms with van der Waals surface area (Å²) in [7, 11) is -3.09. The van der Waals surface area contributed by atoms with Gasteiger partial charge in [-0.1, -0.05) is 37.3 Å². The number of hydrogen-bond acceptors (Lipinski definition) is 4. The minimum absolute atomic E-state index is 0.00987. The number of aliphatic hydroxyl groups is 1. The Kier molecular flexibility index (Phi) is 8.82. The lowest BCUT2D eigenvalue weighted by Crippen LogP contribution is -2.42. The van der Waals surface area contributed by atoms with Gasteiger partial charge in [-0.3, -0.25) is 14.5 Å². The number of aryl methyl sites for hydroxylation is 1. The molecule has 0 aromatic heterocycles. The Labute approximate surface area is 220 Å². The smallest absolute Gasteiger partial charge is 0.246 e. The predicted molar refractivity (Wildman–Crippen MR) is 146 cm³/mol. The van der Waals surface area contributed by atoms with Crippen molar-refractivity contribution < 1.29 is 23.5 Å². The third-order valence-electron chi connectivity index (χ3n) is 8.03. The van der Waals surface area contributed by atoms with Gasteiger partial charge in [0.15, 0.2) is 0 Å². The van der Waals surface area contributed by atoms with Gasteiger partial charge in [0.1, 0.15) is 0 Å². The molecule has 0 aliphatic carbocycles. The SMILES string of the molecule is C[C@@H]1[C@@H]([Si](C)(C)F)[C@H](CC(=O)N2CCC[C@H]2CO)O[C@@H]1CCc1cccc(N(C=O)c2ccccc2)c1. The van der Waals surface area contributed by atoms with E-state index < -0.39 is 14.5 Å². The summed E-state index contributed by atoms with van der Waals surface area (Å²) in [5.74, 6) is -0.0316. The Balaban J connectivity index is 1.44. The molecular weight excluding hydrogens is 487 g/mol. The molecule has 2 aromatic carbocycles. The fourth-order valence-electron chi connectivity index (χ4n) is 6.25. The van der Waals surface area contributed by atoms with E-state index in [1.165, 1.54) is 0 Å². The molecule has 2 saturated heterocycles. The Bertz CT molecular complexity index is 1060. The van der Waals surface area contributed by atoms with Crippen molar-refractivity contribution in [2.24, 2.45) is 5.92 Å². The van der Waals surface area contributed by atoms with Gasteiger partial charge in [0.25, 0.3) is 0 Å². The fourth-order valence-corrected chi connectivity index (χ4v) is 8.79. The van der Waals surface area contributed by atoms with Gasteiger partial charge in [-0.2, -0.15) is 0 Å². The molecule has 8 heteroatoms. The highest BCUT2D eigenvalue weighted by atomic mass is 28.4. The van der Waals surface area contributed by atoms with Crippen LogP contribution in [0, 0.1) is 5.92 Å². The van der Waals surface area contributed by atoms with Crippen molar-refractivity contribution in [2.45, 2.75) is 75.9 Å². The lowest BCUT2D eigenvalue weighted by atomic mass is 9.95. The van der Waals surface area contributed by atoms with Crippen molar-refractivity contribution >= 4 is 32.1 Å². The van der Waals surface area contributed by atoms with Crippen LogP contribution in [0.4, 0.5) is 15.5 Å². The standard InChI is InChI=1S/C29H39FN2O4Si/c1-21-26(15-14-22-9-7-12-24(17-22)32(20-34)23-10-5-4-6-11-23)36-27(29(21)37(2,3)30)18-28(35)31-16-8-13-25(31)19-33/h4-7,9-12,17,20-21,25-27,29,33H,8,13-16,18-19H2,1-3H3/t21-,25-,26+,27-,29+/m0/s1. The maximum Gasteiger partial charge on any atom is 0.246 e. The molecule has 2 fully saturated rings. The molecule has 0 bridgehead atoms.